The van der Waals surface area contributed by atoms with E-state index < -0.39 is 26.5 Å². The molecule has 0 aliphatic heterocycles. The number of carbonyl (C=O) groups is 2. The Balaban J connectivity index is 3.64. The summed E-state index contributed by atoms with van der Waals surface area (Å²) in [6, 6.07) is 0. The van der Waals surface area contributed by atoms with Crippen LogP contribution in [0.15, 0.2) is 85.1 Å². The van der Waals surface area contributed by atoms with E-state index in [0.29, 0.717) is 12.8 Å². The van der Waals surface area contributed by atoms with E-state index in [2.05, 4.69) is 104 Å². The molecule has 63 heavy (non-hydrogen) atoms. The number of phosphoric ester groups is 1. The number of aliphatic hydroxyl groups is 1. The number of hydrogen-bond donors (Lipinski definition) is 3. The average Bonchev–Trinajstić information content (AvgIpc) is 3.27. The van der Waals surface area contributed by atoms with Crippen LogP contribution in [0.4, 0.5) is 0 Å². The summed E-state index contributed by atoms with van der Waals surface area (Å²) in [5, 5.41) is 12.7. The average molecular weight is 902 g/mol. The Morgan fingerprint density at radius 3 is 1.38 bits per heavy atom. The molecule has 0 aromatic heterocycles. The third kappa shape index (κ3) is 50.1. The van der Waals surface area contributed by atoms with Crippen LogP contribution in [0.25, 0.3) is 0 Å². The highest BCUT2D eigenvalue weighted by atomic mass is 31.2. The highest BCUT2D eigenvalue weighted by molar-refractivity contribution is 7.47. The molecule has 2 unspecified atom stereocenters. The minimum absolute atomic E-state index is 0.0737. The van der Waals surface area contributed by atoms with E-state index in [4.69, 9.17) is 13.8 Å². The summed E-state index contributed by atoms with van der Waals surface area (Å²) in [5.74, 6) is -0.546. The van der Waals surface area contributed by atoms with Crippen molar-refractivity contribution >= 4 is 19.7 Å². The third-order valence-electron chi connectivity index (χ3n) is 10.3. The number of unbranched alkanes of at least 4 members (excludes halogenated alkanes) is 19. The van der Waals surface area contributed by atoms with Gasteiger partial charge in [-0.3, -0.25) is 18.6 Å². The predicted octanol–water partition coefficient (Wildman–Crippen LogP) is 14.8. The van der Waals surface area contributed by atoms with Gasteiger partial charge in [-0.2, -0.15) is 0 Å². The van der Waals surface area contributed by atoms with Gasteiger partial charge in [0, 0.05) is 19.4 Å². The Hall–Kier alpha value is -2.81. The van der Waals surface area contributed by atoms with Crippen LogP contribution in [0.1, 0.15) is 206 Å². The van der Waals surface area contributed by atoms with Crippen molar-refractivity contribution in [2.45, 2.75) is 213 Å². The maximum Gasteiger partial charge on any atom is 0.472 e. The molecular weight excluding hydrogens is 810 g/mol. The molecule has 1 amide bonds. The zero-order chi connectivity index (χ0) is 46.0. The maximum absolute atomic E-state index is 12.1. The lowest BCUT2D eigenvalue weighted by molar-refractivity contribution is -0.147. The maximum atomic E-state index is 12.1. The van der Waals surface area contributed by atoms with Crippen molar-refractivity contribution in [2.24, 2.45) is 0 Å². The molecule has 0 radical (unpaired) electrons. The van der Waals surface area contributed by atoms with Gasteiger partial charge in [0.2, 0.25) is 5.91 Å². The first-order valence-corrected chi connectivity index (χ1v) is 26.6. The van der Waals surface area contributed by atoms with Crippen LogP contribution < -0.4 is 5.32 Å². The van der Waals surface area contributed by atoms with E-state index in [1.807, 2.05) is 0 Å². The van der Waals surface area contributed by atoms with E-state index in [0.717, 1.165) is 83.5 Å². The van der Waals surface area contributed by atoms with Gasteiger partial charge in [0.25, 0.3) is 0 Å². The summed E-state index contributed by atoms with van der Waals surface area (Å²) in [7, 11) is -4.43. The SMILES string of the molecule is CC/C=C\C/C=C\C/C=C\C/C=C\C/C=C\C/C=C\CCCCCCC(=O)OCC(O)COP(=O)(O)OCCNC(=O)CCCCCCCCCCC/C=C/CCCCCCCC. The van der Waals surface area contributed by atoms with Gasteiger partial charge in [-0.05, 0) is 89.9 Å². The third-order valence-corrected chi connectivity index (χ3v) is 11.3. The van der Waals surface area contributed by atoms with Gasteiger partial charge in [-0.1, -0.05) is 189 Å². The van der Waals surface area contributed by atoms with E-state index in [9.17, 15) is 24.2 Å². The molecule has 0 aliphatic carbocycles. The molecule has 0 fully saturated rings. The summed E-state index contributed by atoms with van der Waals surface area (Å²) >= 11 is 0. The first-order chi connectivity index (χ1) is 30.8. The Morgan fingerprint density at radius 1 is 0.508 bits per heavy atom. The molecule has 0 aliphatic rings. The van der Waals surface area contributed by atoms with Gasteiger partial charge in [0.05, 0.1) is 13.2 Å². The number of esters is 1. The molecule has 3 N–H and O–H groups in total. The first kappa shape index (κ1) is 60.2. The lowest BCUT2D eigenvalue weighted by Crippen LogP contribution is -2.27. The fourth-order valence-electron chi connectivity index (χ4n) is 6.55. The predicted molar refractivity (Wildman–Crippen MR) is 266 cm³/mol. The minimum atomic E-state index is -4.43. The molecule has 0 spiro atoms. The van der Waals surface area contributed by atoms with Crippen molar-refractivity contribution in [3.63, 3.8) is 0 Å². The summed E-state index contributed by atoms with van der Waals surface area (Å²) in [6.45, 7) is 3.41. The number of phosphoric acid groups is 1. The summed E-state index contributed by atoms with van der Waals surface area (Å²) < 4.78 is 27.0. The van der Waals surface area contributed by atoms with Gasteiger partial charge in [-0.25, -0.2) is 4.57 Å². The van der Waals surface area contributed by atoms with Crippen LogP contribution >= 0.6 is 7.82 Å². The van der Waals surface area contributed by atoms with Gasteiger partial charge >= 0.3 is 13.8 Å². The number of hydrogen-bond acceptors (Lipinski definition) is 7. The van der Waals surface area contributed by atoms with Crippen LogP contribution in [-0.4, -0.2) is 54.3 Å². The van der Waals surface area contributed by atoms with Crippen molar-refractivity contribution in [3.8, 4) is 0 Å². The molecule has 0 bridgehead atoms. The summed E-state index contributed by atoms with van der Waals surface area (Å²) in [6.07, 6.45) is 62.3. The highest BCUT2D eigenvalue weighted by Gasteiger charge is 2.23. The number of nitrogens with one attached hydrogen (secondary N) is 1. The number of allylic oxidation sites excluding steroid dienone is 14. The highest BCUT2D eigenvalue weighted by Crippen LogP contribution is 2.42. The quantitative estimate of drug-likeness (QED) is 0.0238. The van der Waals surface area contributed by atoms with Crippen LogP contribution in [0.5, 0.6) is 0 Å². The van der Waals surface area contributed by atoms with Gasteiger partial charge < -0.3 is 20.1 Å². The minimum Gasteiger partial charge on any atom is -0.463 e. The lowest BCUT2D eigenvalue weighted by atomic mass is 10.1. The van der Waals surface area contributed by atoms with Crippen molar-refractivity contribution in [2.75, 3.05) is 26.4 Å². The van der Waals surface area contributed by atoms with Crippen molar-refractivity contribution in [1.82, 2.24) is 5.32 Å². The van der Waals surface area contributed by atoms with E-state index in [1.54, 1.807) is 0 Å². The summed E-state index contributed by atoms with van der Waals surface area (Å²) in [5.41, 5.74) is 0. The lowest BCUT2D eigenvalue weighted by Gasteiger charge is -2.15. The first-order valence-electron chi connectivity index (χ1n) is 25.1. The molecule has 0 saturated carbocycles. The smallest absolute Gasteiger partial charge is 0.463 e. The van der Waals surface area contributed by atoms with Gasteiger partial charge in [-0.15, -0.1) is 0 Å². The fraction of sp³-hybridized carbons (Fsp3) is 0.698. The molecule has 9 nitrogen and oxygen atoms in total. The Bertz CT molecular complexity index is 1300. The molecule has 2 atom stereocenters. The monoisotopic (exact) mass is 902 g/mol. The van der Waals surface area contributed by atoms with Gasteiger partial charge in [0.15, 0.2) is 0 Å². The zero-order valence-corrected chi connectivity index (χ0v) is 40.9. The number of aliphatic hydroxyl groups excluding tert-OH is 1. The molecule has 0 heterocycles. The molecule has 0 saturated heterocycles. The molecule has 0 rings (SSSR count). The van der Waals surface area contributed by atoms with Crippen molar-refractivity contribution in [3.05, 3.63) is 85.1 Å². The number of rotatable bonds is 46. The number of amides is 1. The van der Waals surface area contributed by atoms with Crippen LogP contribution in [0, 0.1) is 0 Å². The molecule has 0 aromatic rings. The van der Waals surface area contributed by atoms with Crippen LogP contribution in [0.3, 0.4) is 0 Å². The van der Waals surface area contributed by atoms with Crippen molar-refractivity contribution < 1.29 is 37.9 Å². The molecule has 362 valence electrons. The Labute approximate surface area is 385 Å². The molecule has 0 aromatic carbocycles. The zero-order valence-electron chi connectivity index (χ0n) is 40.0. The second-order valence-electron chi connectivity index (χ2n) is 16.4. The largest absolute Gasteiger partial charge is 0.472 e. The Morgan fingerprint density at radius 2 is 0.905 bits per heavy atom. The normalized spacial score (nSPS) is 13.9. The fourth-order valence-corrected chi connectivity index (χ4v) is 7.31. The topological polar surface area (TPSA) is 131 Å². The van der Waals surface area contributed by atoms with Crippen LogP contribution in [-0.2, 0) is 27.9 Å². The van der Waals surface area contributed by atoms with Crippen molar-refractivity contribution in [1.29, 1.82) is 0 Å². The van der Waals surface area contributed by atoms with Crippen LogP contribution in [0.2, 0.25) is 0 Å². The Kier molecular flexibility index (Phi) is 46.5. The standard InChI is InChI=1S/C53H92NO8P/c1-3-5-7-9-11-13-15-17-19-21-23-24-25-26-28-30-32-34-36-38-40-42-44-46-53(57)60-49-51(55)50-62-63(58,59)61-48-47-54-52(56)45-43-41-39-37-35-33-31-29-27-22-20-18-16-14-12-10-8-6-4-2/h5,7,11,13,17-20,23-24,26,28,32,34,51,55H,3-4,6,8-10,12,14-16,21-22,25,27,29-31,33,35-50H2,1-2H3,(H,54,56)(H,58,59)/b7-5-,13-11-,19-17-,20-18+,24-23-,28-26-,34-32-. The second kappa shape index (κ2) is 48.6. The molecular formula is C53H92NO8P. The van der Waals surface area contributed by atoms with Gasteiger partial charge in [0.1, 0.15) is 12.7 Å². The van der Waals surface area contributed by atoms with E-state index >= 15 is 0 Å². The molecule has 10 heteroatoms. The van der Waals surface area contributed by atoms with E-state index in [-0.39, 0.29) is 32.1 Å². The second-order valence-corrected chi connectivity index (χ2v) is 17.9. The number of ether oxygens (including phenoxy) is 1. The number of carbonyl (C=O) groups excluding carboxylic acids is 2. The summed E-state index contributed by atoms with van der Waals surface area (Å²) in [4.78, 5) is 34.1. The van der Waals surface area contributed by atoms with E-state index in [1.165, 1.54) is 89.9 Å².